The highest BCUT2D eigenvalue weighted by Gasteiger charge is 2.14. The summed E-state index contributed by atoms with van der Waals surface area (Å²) in [5, 5.41) is 8.29. The number of rotatable bonds is 2. The minimum absolute atomic E-state index is 0.640. The van der Waals surface area contributed by atoms with Gasteiger partial charge in [-0.05, 0) is 49.1 Å². The van der Waals surface area contributed by atoms with Gasteiger partial charge in [0.15, 0.2) is 0 Å². The topological polar surface area (TPSA) is 29.9 Å². The number of hydrogen-bond donors (Lipinski definition) is 1. The van der Waals surface area contributed by atoms with Crippen LogP contribution in [-0.4, -0.2) is 22.9 Å². The van der Waals surface area contributed by atoms with E-state index in [2.05, 4.69) is 34.7 Å². The highest BCUT2D eigenvalue weighted by molar-refractivity contribution is 6.29. The lowest BCUT2D eigenvalue weighted by atomic mass is 9.92. The molecule has 2 heterocycles. The van der Waals surface area contributed by atoms with Crippen molar-refractivity contribution in [2.75, 3.05) is 13.1 Å². The summed E-state index contributed by atoms with van der Waals surface area (Å²) in [5.74, 6) is 0.640. The lowest BCUT2D eigenvalue weighted by Crippen LogP contribution is -2.28. The fourth-order valence-corrected chi connectivity index (χ4v) is 2.70. The first kappa shape index (κ1) is 11.8. The second-order valence-electron chi connectivity index (χ2n) is 4.70. The molecule has 1 atom stereocenters. The molecule has 0 amide bonds. The molecule has 3 nitrogen and oxygen atoms in total. The number of benzene rings is 1. The largest absolute Gasteiger partial charge is 0.316 e. The Labute approximate surface area is 112 Å². The Morgan fingerprint density at radius 1 is 1.22 bits per heavy atom. The van der Waals surface area contributed by atoms with E-state index in [1.54, 1.807) is 16.9 Å². The quantitative estimate of drug-likeness (QED) is 0.901. The average molecular weight is 262 g/mol. The summed E-state index contributed by atoms with van der Waals surface area (Å²) in [6, 6.07) is 10.3. The number of hydrogen-bond acceptors (Lipinski definition) is 2. The third-order valence-electron chi connectivity index (χ3n) is 3.50. The van der Waals surface area contributed by atoms with E-state index in [-0.39, 0.29) is 0 Å². The minimum atomic E-state index is 0.640. The fraction of sp³-hybridized carbons (Fsp3) is 0.357. The molecular formula is C14H16ClN3. The second kappa shape index (κ2) is 5.12. The number of halogens is 1. The zero-order chi connectivity index (χ0) is 12.4. The Morgan fingerprint density at radius 2 is 2.06 bits per heavy atom. The van der Waals surface area contributed by atoms with Crippen molar-refractivity contribution in [3.63, 3.8) is 0 Å². The van der Waals surface area contributed by atoms with Crippen molar-refractivity contribution >= 4 is 11.6 Å². The summed E-state index contributed by atoms with van der Waals surface area (Å²) in [4.78, 5) is 0. The maximum atomic E-state index is 6.05. The lowest BCUT2D eigenvalue weighted by Gasteiger charge is -2.23. The molecule has 18 heavy (non-hydrogen) atoms. The first-order valence-electron chi connectivity index (χ1n) is 6.35. The Hall–Kier alpha value is -1.32. The minimum Gasteiger partial charge on any atom is -0.316 e. The maximum Gasteiger partial charge on any atom is 0.132 e. The van der Waals surface area contributed by atoms with E-state index >= 15 is 0 Å². The molecule has 0 radical (unpaired) electrons. The van der Waals surface area contributed by atoms with Crippen LogP contribution in [-0.2, 0) is 0 Å². The molecule has 1 aromatic heterocycles. The molecule has 1 aliphatic heterocycles. The van der Waals surface area contributed by atoms with Crippen LogP contribution in [0.2, 0.25) is 5.15 Å². The van der Waals surface area contributed by atoms with Crippen molar-refractivity contribution in [1.29, 1.82) is 0 Å². The van der Waals surface area contributed by atoms with Gasteiger partial charge in [0.05, 0.1) is 11.9 Å². The zero-order valence-electron chi connectivity index (χ0n) is 10.1. The third kappa shape index (κ3) is 2.28. The van der Waals surface area contributed by atoms with Gasteiger partial charge >= 0.3 is 0 Å². The van der Waals surface area contributed by atoms with Gasteiger partial charge in [0.2, 0.25) is 0 Å². The van der Waals surface area contributed by atoms with Gasteiger partial charge in [-0.15, -0.1) is 0 Å². The van der Waals surface area contributed by atoms with Gasteiger partial charge in [-0.25, -0.2) is 4.68 Å². The molecule has 4 heteroatoms. The van der Waals surface area contributed by atoms with Crippen LogP contribution in [0.5, 0.6) is 0 Å². The summed E-state index contributed by atoms with van der Waals surface area (Å²) >= 11 is 6.05. The molecule has 1 unspecified atom stereocenters. The van der Waals surface area contributed by atoms with Gasteiger partial charge in [-0.3, -0.25) is 0 Å². The van der Waals surface area contributed by atoms with Gasteiger partial charge in [0.25, 0.3) is 0 Å². The predicted molar refractivity (Wildman–Crippen MR) is 73.4 cm³/mol. The fourth-order valence-electron chi connectivity index (χ4n) is 2.50. The molecule has 0 bridgehead atoms. The van der Waals surface area contributed by atoms with Crippen LogP contribution in [0.25, 0.3) is 5.69 Å². The Kier molecular flexibility index (Phi) is 3.35. The lowest BCUT2D eigenvalue weighted by molar-refractivity contribution is 0.461. The molecule has 2 aromatic rings. The van der Waals surface area contributed by atoms with Gasteiger partial charge in [-0.2, -0.15) is 5.10 Å². The van der Waals surface area contributed by atoms with E-state index in [4.69, 9.17) is 11.6 Å². The monoisotopic (exact) mass is 261 g/mol. The first-order chi connectivity index (χ1) is 8.84. The van der Waals surface area contributed by atoms with Crippen molar-refractivity contribution in [1.82, 2.24) is 15.1 Å². The van der Waals surface area contributed by atoms with Gasteiger partial charge < -0.3 is 5.32 Å². The van der Waals surface area contributed by atoms with Crippen molar-refractivity contribution in [2.45, 2.75) is 18.8 Å². The van der Waals surface area contributed by atoms with Crippen LogP contribution in [0.1, 0.15) is 24.3 Å². The molecule has 0 aliphatic carbocycles. The molecule has 3 rings (SSSR count). The SMILES string of the molecule is Clc1ccnn1-c1ccc(C2CCCNC2)cc1. The molecule has 1 aromatic carbocycles. The summed E-state index contributed by atoms with van der Waals surface area (Å²) in [6.07, 6.45) is 4.24. The summed E-state index contributed by atoms with van der Waals surface area (Å²) < 4.78 is 1.74. The van der Waals surface area contributed by atoms with Crippen LogP contribution >= 0.6 is 11.6 Å². The van der Waals surface area contributed by atoms with Crippen LogP contribution in [0.3, 0.4) is 0 Å². The number of aromatic nitrogens is 2. The molecule has 1 N–H and O–H groups in total. The number of nitrogens with zero attached hydrogens (tertiary/aromatic N) is 2. The van der Waals surface area contributed by atoms with Crippen molar-refractivity contribution in [3.05, 3.63) is 47.2 Å². The van der Waals surface area contributed by atoms with Gasteiger partial charge in [0, 0.05) is 6.54 Å². The Balaban J connectivity index is 1.82. The molecule has 1 aliphatic rings. The third-order valence-corrected chi connectivity index (χ3v) is 3.79. The molecule has 1 saturated heterocycles. The molecule has 1 fully saturated rings. The van der Waals surface area contributed by atoms with E-state index < -0.39 is 0 Å². The normalized spacial score (nSPS) is 19.9. The van der Waals surface area contributed by atoms with Crippen molar-refractivity contribution in [2.24, 2.45) is 0 Å². The average Bonchev–Trinajstić information content (AvgIpc) is 2.86. The molecule has 94 valence electrons. The van der Waals surface area contributed by atoms with E-state index in [9.17, 15) is 0 Å². The van der Waals surface area contributed by atoms with E-state index in [0.717, 1.165) is 18.8 Å². The zero-order valence-corrected chi connectivity index (χ0v) is 10.9. The summed E-state index contributed by atoms with van der Waals surface area (Å²) in [5.41, 5.74) is 2.41. The maximum absolute atomic E-state index is 6.05. The van der Waals surface area contributed by atoms with E-state index in [1.165, 1.54) is 18.4 Å². The van der Waals surface area contributed by atoms with Crippen LogP contribution in [0, 0.1) is 0 Å². The second-order valence-corrected chi connectivity index (χ2v) is 5.09. The van der Waals surface area contributed by atoms with Gasteiger partial charge in [0.1, 0.15) is 5.15 Å². The first-order valence-corrected chi connectivity index (χ1v) is 6.73. The Bertz CT molecular complexity index is 512. The number of piperidine rings is 1. The highest BCUT2D eigenvalue weighted by atomic mass is 35.5. The van der Waals surface area contributed by atoms with E-state index in [0.29, 0.717) is 11.1 Å². The smallest absolute Gasteiger partial charge is 0.132 e. The molecule has 0 spiro atoms. The van der Waals surface area contributed by atoms with Gasteiger partial charge in [-0.1, -0.05) is 23.7 Å². The van der Waals surface area contributed by atoms with Crippen molar-refractivity contribution < 1.29 is 0 Å². The van der Waals surface area contributed by atoms with Crippen LogP contribution < -0.4 is 5.32 Å². The molecular weight excluding hydrogens is 246 g/mol. The van der Waals surface area contributed by atoms with Crippen LogP contribution in [0.15, 0.2) is 36.5 Å². The van der Waals surface area contributed by atoms with Crippen molar-refractivity contribution in [3.8, 4) is 5.69 Å². The van der Waals surface area contributed by atoms with E-state index in [1.807, 2.05) is 0 Å². The Morgan fingerprint density at radius 3 is 2.67 bits per heavy atom. The van der Waals surface area contributed by atoms with Crippen LogP contribution in [0.4, 0.5) is 0 Å². The highest BCUT2D eigenvalue weighted by Crippen LogP contribution is 2.24. The predicted octanol–water partition coefficient (Wildman–Crippen LogP) is 2.99. The molecule has 0 saturated carbocycles. The standard InChI is InChI=1S/C14H16ClN3/c15-14-7-9-17-18(14)13-5-3-11(4-6-13)12-2-1-8-16-10-12/h3-7,9,12,16H,1-2,8,10H2. The summed E-state index contributed by atoms with van der Waals surface area (Å²) in [7, 11) is 0. The summed E-state index contributed by atoms with van der Waals surface area (Å²) in [6.45, 7) is 2.24. The number of nitrogens with one attached hydrogen (secondary N) is 1.